The maximum atomic E-state index is 12.6. The lowest BCUT2D eigenvalue weighted by Crippen LogP contribution is -2.47. The second-order valence-corrected chi connectivity index (χ2v) is 7.74. The van der Waals surface area contributed by atoms with Gasteiger partial charge in [0.2, 0.25) is 0 Å². The first-order valence-electron chi connectivity index (χ1n) is 6.90. The molecule has 1 unspecified atom stereocenters. The van der Waals surface area contributed by atoms with Gasteiger partial charge in [-0.15, -0.1) is 47.5 Å². The number of likely N-dealkylation sites (tertiary alicyclic amines) is 1. The van der Waals surface area contributed by atoms with E-state index in [-0.39, 0.29) is 36.8 Å². The number of amides is 1. The second kappa shape index (κ2) is 9.34. The van der Waals surface area contributed by atoms with E-state index >= 15 is 0 Å². The summed E-state index contributed by atoms with van der Waals surface area (Å²) in [7, 11) is 0. The van der Waals surface area contributed by atoms with Crippen molar-refractivity contribution in [1.82, 2.24) is 9.88 Å². The third-order valence-corrected chi connectivity index (χ3v) is 6.36. The zero-order chi connectivity index (χ0) is 14.8. The fourth-order valence-electron chi connectivity index (χ4n) is 2.57. The summed E-state index contributed by atoms with van der Waals surface area (Å²) in [5, 5.41) is 4.77. The van der Waals surface area contributed by atoms with E-state index in [2.05, 4.69) is 20.9 Å². The molecule has 2 aromatic rings. The summed E-state index contributed by atoms with van der Waals surface area (Å²) in [4.78, 5) is 20.1. The standard InChI is InChI=1S/C14H16BrN3OS2.2ClH/c15-9-5-12(20-7-9)13-17-11(8-21-13)14(19)18-4-2-1-3-10(18)6-16;;/h5,7-8,10H,1-4,6,16H2;2*1H. The Balaban J connectivity index is 0.00000132. The summed E-state index contributed by atoms with van der Waals surface area (Å²) < 4.78 is 1.05. The number of hydrogen-bond acceptors (Lipinski definition) is 5. The highest BCUT2D eigenvalue weighted by Gasteiger charge is 2.28. The average molecular weight is 459 g/mol. The molecule has 0 spiro atoms. The predicted octanol–water partition coefficient (Wildman–Crippen LogP) is 4.43. The first-order chi connectivity index (χ1) is 10.2. The highest BCUT2D eigenvalue weighted by atomic mass is 79.9. The lowest BCUT2D eigenvalue weighted by atomic mass is 10.0. The number of thiazole rings is 1. The van der Waals surface area contributed by atoms with Crippen LogP contribution in [0.4, 0.5) is 0 Å². The maximum Gasteiger partial charge on any atom is 0.273 e. The topological polar surface area (TPSA) is 59.2 Å². The second-order valence-electron chi connectivity index (χ2n) is 5.05. The molecule has 2 aromatic heterocycles. The van der Waals surface area contributed by atoms with Gasteiger partial charge in [-0.1, -0.05) is 0 Å². The van der Waals surface area contributed by atoms with Crippen LogP contribution in [0.5, 0.6) is 0 Å². The van der Waals surface area contributed by atoms with Crippen LogP contribution in [0.2, 0.25) is 0 Å². The summed E-state index contributed by atoms with van der Waals surface area (Å²) >= 11 is 6.58. The van der Waals surface area contributed by atoms with Crippen LogP contribution in [0.25, 0.3) is 9.88 Å². The van der Waals surface area contributed by atoms with Crippen molar-refractivity contribution in [2.24, 2.45) is 5.73 Å². The van der Waals surface area contributed by atoms with Gasteiger partial charge in [0.15, 0.2) is 0 Å². The molecule has 4 nitrogen and oxygen atoms in total. The molecule has 0 saturated carbocycles. The van der Waals surface area contributed by atoms with Crippen LogP contribution in [-0.2, 0) is 0 Å². The molecule has 0 bridgehead atoms. The number of rotatable bonds is 3. The Labute approximate surface area is 164 Å². The molecule has 2 N–H and O–H groups in total. The van der Waals surface area contributed by atoms with E-state index in [4.69, 9.17) is 5.73 Å². The number of nitrogens with zero attached hydrogens (tertiary/aromatic N) is 2. The van der Waals surface area contributed by atoms with Crippen molar-refractivity contribution in [2.75, 3.05) is 13.1 Å². The van der Waals surface area contributed by atoms with Gasteiger partial charge in [-0.3, -0.25) is 4.79 Å². The number of carbonyl (C=O) groups excluding carboxylic acids is 1. The van der Waals surface area contributed by atoms with E-state index in [1.54, 1.807) is 11.3 Å². The number of piperidine rings is 1. The molecule has 128 valence electrons. The lowest BCUT2D eigenvalue weighted by molar-refractivity contribution is 0.0618. The molecular formula is C14H18BrCl2N3OS2. The van der Waals surface area contributed by atoms with Gasteiger partial charge in [-0.05, 0) is 41.3 Å². The van der Waals surface area contributed by atoms with Crippen molar-refractivity contribution >= 4 is 69.3 Å². The van der Waals surface area contributed by atoms with E-state index in [1.807, 2.05) is 21.7 Å². The van der Waals surface area contributed by atoms with Crippen LogP contribution in [0, 0.1) is 0 Å². The minimum absolute atomic E-state index is 0. The number of aromatic nitrogens is 1. The summed E-state index contributed by atoms with van der Waals surface area (Å²) in [5.74, 6) is 0.0169. The monoisotopic (exact) mass is 457 g/mol. The van der Waals surface area contributed by atoms with Gasteiger partial charge in [0.05, 0.1) is 4.88 Å². The van der Waals surface area contributed by atoms with E-state index in [9.17, 15) is 4.79 Å². The van der Waals surface area contributed by atoms with Crippen LogP contribution < -0.4 is 5.73 Å². The van der Waals surface area contributed by atoms with E-state index < -0.39 is 0 Å². The van der Waals surface area contributed by atoms with Gasteiger partial charge >= 0.3 is 0 Å². The average Bonchev–Trinajstić information content (AvgIpc) is 3.15. The highest BCUT2D eigenvalue weighted by Crippen LogP contribution is 2.32. The number of carbonyl (C=O) groups is 1. The van der Waals surface area contributed by atoms with E-state index in [1.165, 1.54) is 11.3 Å². The van der Waals surface area contributed by atoms with Gasteiger partial charge < -0.3 is 10.6 Å². The van der Waals surface area contributed by atoms with Crippen molar-refractivity contribution in [3.63, 3.8) is 0 Å². The van der Waals surface area contributed by atoms with E-state index in [0.717, 1.165) is 40.2 Å². The van der Waals surface area contributed by atoms with Gasteiger partial charge in [0, 0.05) is 34.4 Å². The Morgan fingerprint density at radius 3 is 2.78 bits per heavy atom. The molecular weight excluding hydrogens is 441 g/mol. The van der Waals surface area contributed by atoms with Crippen LogP contribution in [0.15, 0.2) is 21.3 Å². The molecule has 0 radical (unpaired) electrons. The van der Waals surface area contributed by atoms with Gasteiger partial charge in [0.1, 0.15) is 10.7 Å². The zero-order valence-corrected chi connectivity index (χ0v) is 17.1. The fourth-order valence-corrected chi connectivity index (χ4v) is 4.87. The Morgan fingerprint density at radius 2 is 2.13 bits per heavy atom. The molecule has 1 fully saturated rings. The van der Waals surface area contributed by atoms with Crippen molar-refractivity contribution in [3.05, 3.63) is 27.0 Å². The molecule has 0 aromatic carbocycles. The molecule has 23 heavy (non-hydrogen) atoms. The predicted molar refractivity (Wildman–Crippen MR) is 105 cm³/mol. The van der Waals surface area contributed by atoms with Crippen molar-refractivity contribution in [3.8, 4) is 9.88 Å². The zero-order valence-electron chi connectivity index (χ0n) is 12.2. The molecule has 1 amide bonds. The van der Waals surface area contributed by atoms with E-state index in [0.29, 0.717) is 12.2 Å². The Kier molecular flexibility index (Phi) is 8.47. The Hall–Kier alpha value is -0.180. The summed E-state index contributed by atoms with van der Waals surface area (Å²) in [6, 6.07) is 2.19. The number of halogens is 3. The van der Waals surface area contributed by atoms with Crippen LogP contribution >= 0.6 is 63.4 Å². The lowest BCUT2D eigenvalue weighted by Gasteiger charge is -2.34. The number of thiophene rings is 1. The van der Waals surface area contributed by atoms with Gasteiger partial charge in [0.25, 0.3) is 5.91 Å². The first-order valence-corrected chi connectivity index (χ1v) is 9.45. The Bertz CT molecular complexity index is 650. The third-order valence-electron chi connectivity index (χ3n) is 3.66. The molecule has 1 saturated heterocycles. The highest BCUT2D eigenvalue weighted by molar-refractivity contribution is 9.10. The maximum absolute atomic E-state index is 12.6. The van der Waals surface area contributed by atoms with Crippen molar-refractivity contribution < 1.29 is 4.79 Å². The molecule has 3 heterocycles. The summed E-state index contributed by atoms with van der Waals surface area (Å²) in [6.45, 7) is 1.32. The third kappa shape index (κ3) is 4.67. The molecule has 3 rings (SSSR count). The van der Waals surface area contributed by atoms with Gasteiger partial charge in [-0.25, -0.2) is 4.98 Å². The van der Waals surface area contributed by atoms with Crippen LogP contribution in [-0.4, -0.2) is 34.9 Å². The minimum Gasteiger partial charge on any atom is -0.333 e. The fraction of sp³-hybridized carbons (Fsp3) is 0.429. The molecule has 0 aliphatic carbocycles. The van der Waals surface area contributed by atoms with Crippen molar-refractivity contribution in [1.29, 1.82) is 0 Å². The Morgan fingerprint density at radius 1 is 1.35 bits per heavy atom. The number of hydrogen-bond donors (Lipinski definition) is 1. The largest absolute Gasteiger partial charge is 0.333 e. The molecule has 1 aliphatic rings. The van der Waals surface area contributed by atoms with Crippen molar-refractivity contribution in [2.45, 2.75) is 25.3 Å². The first kappa shape index (κ1) is 20.9. The smallest absolute Gasteiger partial charge is 0.273 e. The molecule has 1 atom stereocenters. The van der Waals surface area contributed by atoms with Crippen LogP contribution in [0.3, 0.4) is 0 Å². The SMILES string of the molecule is Cl.Cl.NCC1CCCCN1C(=O)c1csc(-c2cc(Br)cs2)n1. The van der Waals surface area contributed by atoms with Crippen LogP contribution in [0.1, 0.15) is 29.8 Å². The number of nitrogens with two attached hydrogens (primary N) is 1. The van der Waals surface area contributed by atoms with Gasteiger partial charge in [-0.2, -0.15) is 0 Å². The summed E-state index contributed by atoms with van der Waals surface area (Å²) in [5.41, 5.74) is 6.33. The molecule has 9 heteroatoms. The quantitative estimate of drug-likeness (QED) is 0.739. The minimum atomic E-state index is 0. The summed E-state index contributed by atoms with van der Waals surface area (Å²) in [6.07, 6.45) is 3.20. The molecule has 1 aliphatic heterocycles. The normalized spacial score (nSPS) is 17.3.